The minimum atomic E-state index is 1.12. The maximum atomic E-state index is 3.47. The highest BCUT2D eigenvalue weighted by Gasteiger charge is 2.08. The van der Waals surface area contributed by atoms with Crippen LogP contribution in [-0.2, 0) is 0 Å². The number of rotatable bonds is 0. The Labute approximate surface area is 86.6 Å². The Morgan fingerprint density at radius 2 is 1.57 bits per heavy atom. The second kappa shape index (κ2) is 5.16. The highest BCUT2D eigenvalue weighted by molar-refractivity contribution is 5.33. The Morgan fingerprint density at radius 1 is 0.857 bits per heavy atom. The smallest absolute Gasteiger partial charge is 0.000836 e. The Kier molecular flexibility index (Phi) is 3.58. The molecule has 1 heteroatoms. The minimum Gasteiger partial charge on any atom is -0.316 e. The molecule has 2 rings (SSSR count). The van der Waals surface area contributed by atoms with E-state index in [9.17, 15) is 0 Å². The maximum Gasteiger partial charge on any atom is -0.000836 e. The molecule has 1 aliphatic heterocycles. The maximum absolute atomic E-state index is 3.47. The lowest BCUT2D eigenvalue weighted by Gasteiger charge is -2.17. The normalized spacial score (nSPS) is 23.4. The van der Waals surface area contributed by atoms with E-state index in [0.717, 1.165) is 19.4 Å². The van der Waals surface area contributed by atoms with Crippen molar-refractivity contribution in [3.8, 4) is 0 Å². The second-order valence-electron chi connectivity index (χ2n) is 4.01. The fourth-order valence-electron chi connectivity index (χ4n) is 2.15. The third-order valence-corrected chi connectivity index (χ3v) is 2.95. The second-order valence-corrected chi connectivity index (χ2v) is 4.01. The van der Waals surface area contributed by atoms with Crippen LogP contribution in [-0.4, -0.2) is 13.1 Å². The van der Waals surface area contributed by atoms with Crippen molar-refractivity contribution in [3.63, 3.8) is 0 Å². The molecule has 0 radical (unpaired) electrons. The molecule has 76 valence electrons. The number of hydrogen-bond acceptors (Lipinski definition) is 1. The van der Waals surface area contributed by atoms with E-state index in [-0.39, 0.29) is 0 Å². The Morgan fingerprint density at radius 3 is 2.36 bits per heavy atom. The standard InChI is InChI=1S/C13H19N/c1-2-4-7-13-9-11-14-10-5-8-12(13)6-3-1/h1-2,6-7,14H,3-5,8-11H2. The summed E-state index contributed by atoms with van der Waals surface area (Å²) in [5, 5.41) is 3.47. The molecule has 1 fully saturated rings. The van der Waals surface area contributed by atoms with Gasteiger partial charge in [0.2, 0.25) is 0 Å². The molecule has 0 spiro atoms. The van der Waals surface area contributed by atoms with Crippen molar-refractivity contribution in [1.82, 2.24) is 5.32 Å². The van der Waals surface area contributed by atoms with Gasteiger partial charge >= 0.3 is 0 Å². The van der Waals surface area contributed by atoms with E-state index in [0.29, 0.717) is 0 Å². The van der Waals surface area contributed by atoms with E-state index in [2.05, 4.69) is 29.6 Å². The van der Waals surface area contributed by atoms with Crippen LogP contribution in [0.25, 0.3) is 0 Å². The lowest BCUT2D eigenvalue weighted by atomic mass is 9.93. The highest BCUT2D eigenvalue weighted by Crippen LogP contribution is 2.23. The molecule has 0 aromatic heterocycles. The molecule has 2 aliphatic rings. The zero-order chi connectivity index (χ0) is 9.64. The van der Waals surface area contributed by atoms with Crippen LogP contribution in [0, 0.1) is 0 Å². The van der Waals surface area contributed by atoms with Crippen molar-refractivity contribution in [1.29, 1.82) is 0 Å². The molecule has 0 atom stereocenters. The molecule has 0 aromatic carbocycles. The number of hydrogen-bond donors (Lipinski definition) is 1. The molecule has 1 N–H and O–H groups in total. The van der Waals surface area contributed by atoms with Gasteiger partial charge in [0.15, 0.2) is 0 Å². The first-order valence-corrected chi connectivity index (χ1v) is 5.71. The van der Waals surface area contributed by atoms with Crippen molar-refractivity contribution in [2.45, 2.75) is 32.1 Å². The number of allylic oxidation sites excluding steroid dienone is 5. The molecule has 0 aromatic rings. The van der Waals surface area contributed by atoms with Gasteiger partial charge in [0, 0.05) is 0 Å². The monoisotopic (exact) mass is 189 g/mol. The third-order valence-electron chi connectivity index (χ3n) is 2.95. The van der Waals surface area contributed by atoms with Gasteiger partial charge in [-0.1, -0.05) is 24.3 Å². The summed E-state index contributed by atoms with van der Waals surface area (Å²) in [6.45, 7) is 2.33. The zero-order valence-corrected chi connectivity index (χ0v) is 8.76. The SMILES string of the molecule is C1=CCC=C2CCNCCCC2=CC1. The Balaban J connectivity index is 2.15. The van der Waals surface area contributed by atoms with E-state index in [1.165, 1.54) is 25.8 Å². The van der Waals surface area contributed by atoms with Crippen LogP contribution in [0.15, 0.2) is 35.5 Å². The first kappa shape index (κ1) is 9.72. The van der Waals surface area contributed by atoms with Crippen molar-refractivity contribution in [2.75, 3.05) is 13.1 Å². The van der Waals surface area contributed by atoms with Gasteiger partial charge in [-0.15, -0.1) is 0 Å². The third kappa shape index (κ3) is 2.58. The fraction of sp³-hybridized carbons (Fsp3) is 0.538. The number of fused-ring (bicyclic) bond motifs is 1. The van der Waals surface area contributed by atoms with Crippen LogP contribution < -0.4 is 5.32 Å². The van der Waals surface area contributed by atoms with Crippen molar-refractivity contribution >= 4 is 0 Å². The quantitative estimate of drug-likeness (QED) is 0.578. The molecule has 1 nitrogen and oxygen atoms in total. The van der Waals surface area contributed by atoms with Gasteiger partial charge in [-0.05, 0) is 56.3 Å². The van der Waals surface area contributed by atoms with E-state index in [4.69, 9.17) is 0 Å². The summed E-state index contributed by atoms with van der Waals surface area (Å²) in [7, 11) is 0. The Bertz CT molecular complexity index is 243. The lowest BCUT2D eigenvalue weighted by molar-refractivity contribution is 0.621. The van der Waals surface area contributed by atoms with Crippen LogP contribution in [0.4, 0.5) is 0 Å². The number of nitrogens with one attached hydrogen (secondary N) is 1. The van der Waals surface area contributed by atoms with E-state index >= 15 is 0 Å². The molecule has 0 saturated carbocycles. The lowest BCUT2D eigenvalue weighted by Crippen LogP contribution is -2.20. The van der Waals surface area contributed by atoms with Crippen LogP contribution >= 0.6 is 0 Å². The summed E-state index contributed by atoms with van der Waals surface area (Å²) in [4.78, 5) is 0. The molecular weight excluding hydrogens is 170 g/mol. The van der Waals surface area contributed by atoms with Crippen LogP contribution in [0.1, 0.15) is 32.1 Å². The summed E-state index contributed by atoms with van der Waals surface area (Å²) < 4.78 is 0. The average Bonchev–Trinajstić information content (AvgIpc) is 2.13. The van der Waals surface area contributed by atoms with Gasteiger partial charge in [-0.2, -0.15) is 0 Å². The molecule has 0 amide bonds. The van der Waals surface area contributed by atoms with Gasteiger partial charge in [-0.3, -0.25) is 0 Å². The summed E-state index contributed by atoms with van der Waals surface area (Å²) in [6.07, 6.45) is 15.3. The topological polar surface area (TPSA) is 12.0 Å². The molecule has 0 unspecified atom stereocenters. The predicted octanol–water partition coefficient (Wildman–Crippen LogP) is 2.96. The first-order chi connectivity index (χ1) is 6.97. The molecule has 1 heterocycles. The van der Waals surface area contributed by atoms with Crippen molar-refractivity contribution < 1.29 is 0 Å². The van der Waals surface area contributed by atoms with Crippen molar-refractivity contribution in [3.05, 3.63) is 35.5 Å². The van der Waals surface area contributed by atoms with Gasteiger partial charge in [0.1, 0.15) is 0 Å². The Hall–Kier alpha value is -0.820. The molecule has 1 saturated heterocycles. The zero-order valence-electron chi connectivity index (χ0n) is 8.76. The average molecular weight is 189 g/mol. The minimum absolute atomic E-state index is 1.12. The van der Waals surface area contributed by atoms with Crippen LogP contribution in [0.3, 0.4) is 0 Å². The van der Waals surface area contributed by atoms with Gasteiger partial charge < -0.3 is 5.32 Å². The summed E-state index contributed by atoms with van der Waals surface area (Å²) in [5.74, 6) is 0. The molecule has 1 aliphatic carbocycles. The van der Waals surface area contributed by atoms with E-state index in [1.807, 2.05) is 0 Å². The molecule has 14 heavy (non-hydrogen) atoms. The van der Waals surface area contributed by atoms with Gasteiger partial charge in [0.25, 0.3) is 0 Å². The summed E-state index contributed by atoms with van der Waals surface area (Å²) >= 11 is 0. The van der Waals surface area contributed by atoms with Crippen molar-refractivity contribution in [2.24, 2.45) is 0 Å². The van der Waals surface area contributed by atoms with E-state index < -0.39 is 0 Å². The van der Waals surface area contributed by atoms with Crippen LogP contribution in [0.2, 0.25) is 0 Å². The highest BCUT2D eigenvalue weighted by atomic mass is 14.8. The van der Waals surface area contributed by atoms with Gasteiger partial charge in [-0.25, -0.2) is 0 Å². The summed E-state index contributed by atoms with van der Waals surface area (Å²) in [5.41, 5.74) is 3.19. The first-order valence-electron chi connectivity index (χ1n) is 5.71. The largest absolute Gasteiger partial charge is 0.316 e. The van der Waals surface area contributed by atoms with Gasteiger partial charge in [0.05, 0.1) is 0 Å². The summed E-state index contributed by atoms with van der Waals surface area (Å²) in [6, 6.07) is 0. The predicted molar refractivity (Wildman–Crippen MR) is 61.3 cm³/mol. The molecular formula is C13H19N. The van der Waals surface area contributed by atoms with Crippen LogP contribution in [0.5, 0.6) is 0 Å². The van der Waals surface area contributed by atoms with E-state index in [1.54, 1.807) is 11.1 Å². The molecule has 0 bridgehead atoms. The fourth-order valence-corrected chi connectivity index (χ4v) is 2.15.